The predicted molar refractivity (Wildman–Crippen MR) is 96.1 cm³/mol. The molecule has 2 heterocycles. The van der Waals surface area contributed by atoms with E-state index in [-0.39, 0.29) is 19.7 Å². The zero-order chi connectivity index (χ0) is 18.6. The number of carbonyl (C=O) groups is 1. The average molecular weight is 379 g/mol. The third-order valence-corrected chi connectivity index (χ3v) is 5.89. The molecule has 0 amide bonds. The van der Waals surface area contributed by atoms with E-state index in [9.17, 15) is 13.2 Å². The van der Waals surface area contributed by atoms with E-state index in [0.717, 1.165) is 10.9 Å². The normalized spacial score (nSPS) is 18.7. The maximum atomic E-state index is 12.3. The second-order valence-corrected chi connectivity index (χ2v) is 7.87. The molecule has 140 valence electrons. The number of carboxylic acids is 1. The molecule has 1 aliphatic heterocycles. The Morgan fingerprint density at radius 1 is 1.35 bits per heavy atom. The van der Waals surface area contributed by atoms with Crippen molar-refractivity contribution < 1.29 is 23.1 Å². The third-order valence-electron chi connectivity index (χ3n) is 4.31. The van der Waals surface area contributed by atoms with Crippen LogP contribution < -0.4 is 9.46 Å². The molecule has 1 aliphatic rings. The summed E-state index contributed by atoms with van der Waals surface area (Å²) in [6, 6.07) is 9.32. The van der Waals surface area contributed by atoms with Crippen molar-refractivity contribution in [1.82, 2.24) is 14.0 Å². The number of aromatic nitrogens is 1. The minimum Gasteiger partial charge on any atom is -0.490 e. The first-order chi connectivity index (χ1) is 12.5. The maximum Gasteiger partial charge on any atom is 0.307 e. The van der Waals surface area contributed by atoms with E-state index >= 15 is 0 Å². The Bertz CT molecular complexity index is 882. The molecule has 1 aromatic carbocycles. The number of fused-ring (bicyclic) bond motifs is 1. The number of para-hydroxylation sites is 1. The number of hydrogen-bond acceptors (Lipinski definition) is 5. The zero-order valence-corrected chi connectivity index (χ0v) is 15.0. The largest absolute Gasteiger partial charge is 0.490 e. The fraction of sp³-hybridized carbons (Fsp3) is 0.412. The quantitative estimate of drug-likeness (QED) is 0.701. The molecular weight excluding hydrogens is 358 g/mol. The lowest BCUT2D eigenvalue weighted by molar-refractivity contribution is -0.142. The Morgan fingerprint density at radius 2 is 2.15 bits per heavy atom. The van der Waals surface area contributed by atoms with Crippen molar-refractivity contribution in [3.63, 3.8) is 0 Å². The molecule has 8 nitrogen and oxygen atoms in total. The fourth-order valence-electron chi connectivity index (χ4n) is 2.98. The number of rotatable bonds is 7. The van der Waals surface area contributed by atoms with E-state index in [1.165, 1.54) is 4.31 Å². The van der Waals surface area contributed by atoms with Crippen LogP contribution in [0.4, 0.5) is 0 Å². The first-order valence-corrected chi connectivity index (χ1v) is 9.85. The molecule has 1 saturated heterocycles. The number of piperidine rings is 1. The van der Waals surface area contributed by atoms with Crippen LogP contribution in [0.2, 0.25) is 0 Å². The van der Waals surface area contributed by atoms with Gasteiger partial charge in [-0.25, -0.2) is 0 Å². The van der Waals surface area contributed by atoms with Crippen LogP contribution in [-0.4, -0.2) is 55.0 Å². The highest BCUT2D eigenvalue weighted by Crippen LogP contribution is 2.23. The molecule has 0 radical (unpaired) electrons. The van der Waals surface area contributed by atoms with Crippen molar-refractivity contribution in [3.05, 3.63) is 36.5 Å². The van der Waals surface area contributed by atoms with Gasteiger partial charge in [-0.2, -0.15) is 17.4 Å². The number of nitrogens with zero attached hydrogens (tertiary/aromatic N) is 2. The van der Waals surface area contributed by atoms with Crippen LogP contribution in [0.3, 0.4) is 0 Å². The van der Waals surface area contributed by atoms with E-state index in [4.69, 9.17) is 9.84 Å². The van der Waals surface area contributed by atoms with Crippen molar-refractivity contribution in [1.29, 1.82) is 0 Å². The van der Waals surface area contributed by atoms with Gasteiger partial charge < -0.3 is 9.84 Å². The number of carboxylic acid groups (broad SMARTS) is 1. The molecule has 3 rings (SSSR count). The molecule has 2 N–H and O–H groups in total. The van der Waals surface area contributed by atoms with E-state index in [0.29, 0.717) is 25.1 Å². The van der Waals surface area contributed by atoms with Crippen molar-refractivity contribution >= 4 is 27.1 Å². The number of benzene rings is 1. The smallest absolute Gasteiger partial charge is 0.307 e. The molecule has 0 saturated carbocycles. The Kier molecular flexibility index (Phi) is 5.70. The number of pyridine rings is 1. The number of aliphatic carboxylic acids is 1. The Labute approximate surface area is 152 Å². The van der Waals surface area contributed by atoms with Gasteiger partial charge in [0.25, 0.3) is 10.2 Å². The SMILES string of the molecule is O=C(O)C1CCCN(S(=O)(=O)NCCOc2cccc3cccnc23)C1. The minimum atomic E-state index is -3.72. The Balaban J connectivity index is 1.54. The molecule has 0 aliphatic carbocycles. The van der Waals surface area contributed by atoms with Gasteiger partial charge in [-0.1, -0.05) is 18.2 Å². The minimum absolute atomic E-state index is 0.00122. The molecule has 1 atom stereocenters. The summed E-state index contributed by atoms with van der Waals surface area (Å²) in [5, 5.41) is 10.0. The van der Waals surface area contributed by atoms with Crippen LogP contribution in [0, 0.1) is 5.92 Å². The van der Waals surface area contributed by atoms with Gasteiger partial charge in [0.05, 0.1) is 5.92 Å². The topological polar surface area (TPSA) is 109 Å². The molecule has 0 bridgehead atoms. The Hall–Kier alpha value is -2.23. The fourth-order valence-corrected chi connectivity index (χ4v) is 4.25. The van der Waals surface area contributed by atoms with Gasteiger partial charge in [0.1, 0.15) is 17.9 Å². The second kappa shape index (κ2) is 7.98. The van der Waals surface area contributed by atoms with Gasteiger partial charge in [-0.05, 0) is 25.0 Å². The van der Waals surface area contributed by atoms with Crippen LogP contribution >= 0.6 is 0 Å². The molecule has 9 heteroatoms. The highest BCUT2D eigenvalue weighted by Gasteiger charge is 2.31. The second-order valence-electron chi connectivity index (χ2n) is 6.11. The van der Waals surface area contributed by atoms with Crippen molar-refractivity contribution in [2.45, 2.75) is 12.8 Å². The van der Waals surface area contributed by atoms with E-state index < -0.39 is 22.1 Å². The van der Waals surface area contributed by atoms with Gasteiger partial charge in [0.2, 0.25) is 0 Å². The summed E-state index contributed by atoms with van der Waals surface area (Å²) < 4.78 is 34.0. The highest BCUT2D eigenvalue weighted by molar-refractivity contribution is 7.87. The summed E-state index contributed by atoms with van der Waals surface area (Å²) in [6.07, 6.45) is 2.71. The summed E-state index contributed by atoms with van der Waals surface area (Å²) in [6.45, 7) is 0.552. The lowest BCUT2D eigenvalue weighted by Gasteiger charge is -2.29. The van der Waals surface area contributed by atoms with E-state index in [1.54, 1.807) is 12.3 Å². The molecule has 1 unspecified atom stereocenters. The summed E-state index contributed by atoms with van der Waals surface area (Å²) in [5.74, 6) is -1.03. The molecule has 26 heavy (non-hydrogen) atoms. The predicted octanol–water partition coefficient (Wildman–Crippen LogP) is 1.24. The molecule has 1 fully saturated rings. The molecule has 0 spiro atoms. The van der Waals surface area contributed by atoms with Gasteiger partial charge >= 0.3 is 5.97 Å². The van der Waals surface area contributed by atoms with Gasteiger partial charge in [-0.3, -0.25) is 9.78 Å². The summed E-state index contributed by atoms with van der Waals surface area (Å²) >= 11 is 0. The summed E-state index contributed by atoms with van der Waals surface area (Å²) in [5.41, 5.74) is 0.721. The summed E-state index contributed by atoms with van der Waals surface area (Å²) in [4.78, 5) is 15.4. The first kappa shape index (κ1) is 18.6. The van der Waals surface area contributed by atoms with Crippen LogP contribution in [-0.2, 0) is 15.0 Å². The average Bonchev–Trinajstić information content (AvgIpc) is 2.65. The number of hydrogen-bond donors (Lipinski definition) is 2. The number of nitrogens with one attached hydrogen (secondary N) is 1. The highest BCUT2D eigenvalue weighted by atomic mass is 32.2. The maximum absolute atomic E-state index is 12.3. The standard InChI is InChI=1S/C17H21N3O5S/c21-17(22)14-6-3-10-20(12-14)26(23,24)19-9-11-25-15-7-1-4-13-5-2-8-18-16(13)15/h1-2,4-5,7-8,14,19H,3,6,9-12H2,(H,21,22). The van der Waals surface area contributed by atoms with E-state index in [2.05, 4.69) is 9.71 Å². The molecular formula is C17H21N3O5S. The van der Waals surface area contributed by atoms with Crippen molar-refractivity contribution in [2.75, 3.05) is 26.2 Å². The van der Waals surface area contributed by atoms with Crippen molar-refractivity contribution in [2.24, 2.45) is 5.92 Å². The zero-order valence-electron chi connectivity index (χ0n) is 14.2. The van der Waals surface area contributed by atoms with Crippen LogP contribution in [0.1, 0.15) is 12.8 Å². The van der Waals surface area contributed by atoms with Crippen molar-refractivity contribution in [3.8, 4) is 5.75 Å². The molecule has 2 aromatic rings. The van der Waals surface area contributed by atoms with Gasteiger partial charge in [0.15, 0.2) is 0 Å². The molecule has 1 aromatic heterocycles. The summed E-state index contributed by atoms with van der Waals surface area (Å²) in [7, 11) is -3.72. The van der Waals surface area contributed by atoms with Crippen LogP contribution in [0.25, 0.3) is 10.9 Å². The van der Waals surface area contributed by atoms with Gasteiger partial charge in [-0.15, -0.1) is 0 Å². The first-order valence-electron chi connectivity index (χ1n) is 8.41. The van der Waals surface area contributed by atoms with Crippen LogP contribution in [0.15, 0.2) is 36.5 Å². The Morgan fingerprint density at radius 3 is 2.96 bits per heavy atom. The van der Waals surface area contributed by atoms with Gasteiger partial charge in [0, 0.05) is 31.2 Å². The monoisotopic (exact) mass is 379 g/mol. The van der Waals surface area contributed by atoms with Crippen LogP contribution in [0.5, 0.6) is 5.75 Å². The lowest BCUT2D eigenvalue weighted by Crippen LogP contribution is -2.48. The lowest BCUT2D eigenvalue weighted by atomic mass is 10.0. The number of ether oxygens (including phenoxy) is 1. The van der Waals surface area contributed by atoms with E-state index in [1.807, 2.05) is 24.3 Å². The third kappa shape index (κ3) is 4.29.